The van der Waals surface area contributed by atoms with Gasteiger partial charge >= 0.3 is 0 Å². The lowest BCUT2D eigenvalue weighted by atomic mass is 9.82. The molecule has 14 rings (SSSR count). The quantitative estimate of drug-likeness (QED) is 0.173. The second-order valence-corrected chi connectivity index (χ2v) is 17.9. The zero-order chi connectivity index (χ0) is 43.7. The van der Waals surface area contributed by atoms with E-state index < -0.39 is 0 Å². The molecule has 1 aliphatic rings. The highest BCUT2D eigenvalue weighted by atomic mass is 16.3. The molecule has 9 aromatic carbocycles. The molecule has 0 spiro atoms. The molecule has 6 nitrogen and oxygen atoms in total. The first-order valence-electron chi connectivity index (χ1n) is 22.5. The smallest absolute Gasteiger partial charge is 0.238 e. The van der Waals surface area contributed by atoms with E-state index in [9.17, 15) is 0 Å². The standard InChI is InChI=1S/C60H39N5O/c1-60(2)46-25-12-9-23-43(46)53-44(24-15-26-47(53)60)58-61-57(37-19-7-4-8-20-37)62-59(63-58)65-49-28-14-11-22-40(49)42-33-32-41-39-21-10-13-27-48(39)64(55(41)56(42)65)50-29-16-30-52-54(50)45-35-38(31-34-51(45)66-52)36-17-5-3-6-18-36/h3-35H,1-2H3. The third kappa shape index (κ3) is 5.15. The van der Waals surface area contributed by atoms with Crippen LogP contribution in [0.4, 0.5) is 0 Å². The Kier molecular flexibility index (Phi) is 7.64. The van der Waals surface area contributed by atoms with Crippen LogP contribution in [0.3, 0.4) is 0 Å². The molecule has 66 heavy (non-hydrogen) atoms. The van der Waals surface area contributed by atoms with Crippen molar-refractivity contribution in [2.75, 3.05) is 0 Å². The van der Waals surface area contributed by atoms with Crippen molar-refractivity contribution in [1.82, 2.24) is 24.1 Å². The van der Waals surface area contributed by atoms with Crippen LogP contribution >= 0.6 is 0 Å². The van der Waals surface area contributed by atoms with Gasteiger partial charge in [-0.15, -0.1) is 0 Å². The molecule has 310 valence electrons. The summed E-state index contributed by atoms with van der Waals surface area (Å²) in [6, 6.07) is 71.1. The van der Waals surface area contributed by atoms with Crippen molar-refractivity contribution >= 4 is 65.6 Å². The molecule has 0 atom stereocenters. The first kappa shape index (κ1) is 36.8. The predicted octanol–water partition coefficient (Wildman–Crippen LogP) is 15.3. The highest BCUT2D eigenvalue weighted by molar-refractivity contribution is 6.24. The van der Waals surface area contributed by atoms with Gasteiger partial charge in [-0.1, -0.05) is 178 Å². The van der Waals surface area contributed by atoms with E-state index in [-0.39, 0.29) is 5.41 Å². The fourth-order valence-electron chi connectivity index (χ4n) is 11.0. The maximum absolute atomic E-state index is 6.67. The van der Waals surface area contributed by atoms with Crippen LogP contribution in [-0.4, -0.2) is 24.1 Å². The van der Waals surface area contributed by atoms with E-state index in [1.807, 2.05) is 18.2 Å². The van der Waals surface area contributed by atoms with E-state index in [0.717, 1.165) is 93.5 Å². The molecule has 6 heteroatoms. The van der Waals surface area contributed by atoms with Crippen molar-refractivity contribution < 1.29 is 4.42 Å². The molecule has 0 fully saturated rings. The van der Waals surface area contributed by atoms with Crippen LogP contribution in [0.2, 0.25) is 0 Å². The maximum Gasteiger partial charge on any atom is 0.238 e. The zero-order valence-corrected chi connectivity index (χ0v) is 36.2. The fraction of sp³-hybridized carbons (Fsp3) is 0.0500. The third-order valence-corrected chi connectivity index (χ3v) is 14.0. The van der Waals surface area contributed by atoms with Crippen molar-refractivity contribution in [3.05, 3.63) is 211 Å². The zero-order valence-electron chi connectivity index (χ0n) is 36.2. The van der Waals surface area contributed by atoms with Gasteiger partial charge in [0.2, 0.25) is 5.95 Å². The van der Waals surface area contributed by atoms with Crippen LogP contribution in [-0.2, 0) is 5.41 Å². The van der Waals surface area contributed by atoms with Gasteiger partial charge in [-0.2, -0.15) is 9.97 Å². The number of nitrogens with zero attached hydrogens (tertiary/aromatic N) is 5. The lowest BCUT2D eigenvalue weighted by Crippen LogP contribution is -2.14. The van der Waals surface area contributed by atoms with E-state index in [0.29, 0.717) is 17.6 Å². The summed E-state index contributed by atoms with van der Waals surface area (Å²) in [6.07, 6.45) is 0. The molecular weight excluding hydrogens is 807 g/mol. The average molecular weight is 846 g/mol. The third-order valence-electron chi connectivity index (χ3n) is 14.0. The Bertz CT molecular complexity index is 4140. The van der Waals surface area contributed by atoms with Crippen molar-refractivity contribution in [3.8, 4) is 56.7 Å². The summed E-state index contributed by atoms with van der Waals surface area (Å²) in [6.45, 7) is 4.63. The van der Waals surface area contributed by atoms with Gasteiger partial charge in [-0.05, 0) is 69.8 Å². The topological polar surface area (TPSA) is 61.7 Å². The van der Waals surface area contributed by atoms with Crippen molar-refractivity contribution in [2.45, 2.75) is 19.3 Å². The van der Waals surface area contributed by atoms with Gasteiger partial charge < -0.3 is 8.98 Å². The molecule has 0 unspecified atom stereocenters. The SMILES string of the molecule is CC1(C)c2ccccc2-c2c(-c3nc(-c4ccccc4)nc(-n4c5ccccc5c5ccc6c7ccccc7n(-c7cccc8oc9ccc(-c%10ccccc%10)cc9c78)c6c54)n3)cccc21. The summed E-state index contributed by atoms with van der Waals surface area (Å²) in [5.41, 5.74) is 15.9. The Morgan fingerprint density at radius 3 is 1.79 bits per heavy atom. The molecule has 0 saturated carbocycles. The van der Waals surface area contributed by atoms with Gasteiger partial charge in [0.25, 0.3) is 0 Å². The molecule has 0 amide bonds. The van der Waals surface area contributed by atoms with Gasteiger partial charge in [-0.3, -0.25) is 4.57 Å². The van der Waals surface area contributed by atoms with Crippen molar-refractivity contribution in [2.24, 2.45) is 0 Å². The minimum atomic E-state index is -0.182. The summed E-state index contributed by atoms with van der Waals surface area (Å²) in [7, 11) is 0. The van der Waals surface area contributed by atoms with Crippen LogP contribution in [0.5, 0.6) is 0 Å². The average Bonchev–Trinajstić information content (AvgIpc) is 4.09. The normalized spacial score (nSPS) is 13.1. The summed E-state index contributed by atoms with van der Waals surface area (Å²) >= 11 is 0. The van der Waals surface area contributed by atoms with E-state index in [1.165, 1.54) is 22.3 Å². The highest BCUT2D eigenvalue weighted by Gasteiger charge is 2.37. The number of furan rings is 1. The Morgan fingerprint density at radius 2 is 1.02 bits per heavy atom. The highest BCUT2D eigenvalue weighted by Crippen LogP contribution is 2.52. The minimum Gasteiger partial charge on any atom is -0.456 e. The van der Waals surface area contributed by atoms with Crippen molar-refractivity contribution in [1.29, 1.82) is 0 Å². The lowest BCUT2D eigenvalue weighted by molar-refractivity contribution is 0.660. The number of aromatic nitrogens is 5. The lowest BCUT2D eigenvalue weighted by Gasteiger charge is -2.21. The van der Waals surface area contributed by atoms with E-state index in [2.05, 4.69) is 205 Å². The molecule has 4 heterocycles. The molecule has 0 radical (unpaired) electrons. The summed E-state index contributed by atoms with van der Waals surface area (Å²) in [5, 5.41) is 6.64. The van der Waals surface area contributed by atoms with E-state index >= 15 is 0 Å². The number of benzene rings is 9. The van der Waals surface area contributed by atoms with Gasteiger partial charge in [0.15, 0.2) is 11.6 Å². The number of rotatable bonds is 5. The van der Waals surface area contributed by atoms with E-state index in [4.69, 9.17) is 19.4 Å². The molecule has 0 bridgehead atoms. The number of hydrogen-bond donors (Lipinski definition) is 0. The Balaban J connectivity index is 1.11. The fourth-order valence-corrected chi connectivity index (χ4v) is 11.0. The second-order valence-electron chi connectivity index (χ2n) is 17.9. The van der Waals surface area contributed by atoms with Gasteiger partial charge in [0.1, 0.15) is 11.2 Å². The second kappa shape index (κ2) is 13.7. The summed E-state index contributed by atoms with van der Waals surface area (Å²) in [4.78, 5) is 16.3. The van der Waals surface area contributed by atoms with Gasteiger partial charge in [-0.25, -0.2) is 4.98 Å². The Morgan fingerprint density at radius 1 is 0.409 bits per heavy atom. The largest absolute Gasteiger partial charge is 0.456 e. The molecular formula is C60H39N5O. The first-order valence-corrected chi connectivity index (χ1v) is 22.5. The number of para-hydroxylation sites is 2. The maximum atomic E-state index is 6.67. The van der Waals surface area contributed by atoms with Crippen LogP contribution in [0, 0.1) is 0 Å². The minimum absolute atomic E-state index is 0.182. The molecule has 0 N–H and O–H groups in total. The molecule has 0 saturated heterocycles. The van der Waals surface area contributed by atoms with Gasteiger partial charge in [0, 0.05) is 43.5 Å². The summed E-state index contributed by atoms with van der Waals surface area (Å²) < 4.78 is 11.4. The van der Waals surface area contributed by atoms with Crippen LogP contribution in [0.15, 0.2) is 205 Å². The first-order chi connectivity index (χ1) is 32.5. The monoisotopic (exact) mass is 845 g/mol. The predicted molar refractivity (Wildman–Crippen MR) is 270 cm³/mol. The van der Waals surface area contributed by atoms with Crippen LogP contribution < -0.4 is 0 Å². The van der Waals surface area contributed by atoms with E-state index in [1.54, 1.807) is 0 Å². The molecule has 13 aromatic rings. The Labute approximate surface area is 379 Å². The van der Waals surface area contributed by atoms with Crippen LogP contribution in [0.25, 0.3) is 122 Å². The molecule has 0 aliphatic heterocycles. The van der Waals surface area contributed by atoms with Crippen LogP contribution in [0.1, 0.15) is 25.0 Å². The van der Waals surface area contributed by atoms with Gasteiger partial charge in [0.05, 0.1) is 33.1 Å². The van der Waals surface area contributed by atoms with Crippen molar-refractivity contribution in [3.63, 3.8) is 0 Å². The molecule has 1 aliphatic carbocycles. The number of fused-ring (bicyclic) bond motifs is 13. The summed E-state index contributed by atoms with van der Waals surface area (Å²) in [5.74, 6) is 1.80. The number of hydrogen-bond acceptors (Lipinski definition) is 4. The Hall–Kier alpha value is -8.61. The molecule has 4 aromatic heterocycles.